The van der Waals surface area contributed by atoms with Gasteiger partial charge in [-0.15, -0.1) is 0 Å². The highest BCUT2D eigenvalue weighted by Gasteiger charge is 2.07. The number of aromatic amines is 2. The number of benzene rings is 2. The van der Waals surface area contributed by atoms with Crippen LogP contribution in [0, 0.1) is 5.92 Å². The van der Waals surface area contributed by atoms with Gasteiger partial charge in [0, 0.05) is 6.21 Å². The average Bonchev–Trinajstić information content (AvgIpc) is 2.98. The normalized spacial score (nSPS) is 11.5. The summed E-state index contributed by atoms with van der Waals surface area (Å²) in [6.07, 6.45) is 1.76. The van der Waals surface area contributed by atoms with Crippen LogP contribution in [0.15, 0.2) is 46.2 Å². The highest BCUT2D eigenvalue weighted by molar-refractivity contribution is 5.85. The van der Waals surface area contributed by atoms with E-state index < -0.39 is 0 Å². The quantitative estimate of drug-likeness (QED) is 0.629. The van der Waals surface area contributed by atoms with Gasteiger partial charge in [0.2, 0.25) is 0 Å². The van der Waals surface area contributed by atoms with Crippen LogP contribution in [0.25, 0.3) is 11.0 Å². The Morgan fingerprint density at radius 3 is 2.62 bits per heavy atom. The standard InChI is InChI=1S/C20H23N3O3/c1-4-25-19-9-14(5-8-18(19)26-12-13(2)3)11-21-15-6-7-16-17(10-15)23-20(24)22-16/h5-11,13H,4,12H2,1-3H3,(H2,22,23,24). The van der Waals surface area contributed by atoms with Crippen LogP contribution in [0.2, 0.25) is 0 Å². The Morgan fingerprint density at radius 2 is 1.85 bits per heavy atom. The molecule has 0 saturated heterocycles. The number of aromatic nitrogens is 2. The van der Waals surface area contributed by atoms with E-state index in [1.165, 1.54) is 0 Å². The lowest BCUT2D eigenvalue weighted by Gasteiger charge is -2.13. The molecule has 2 N–H and O–H groups in total. The topological polar surface area (TPSA) is 79.5 Å². The first-order chi connectivity index (χ1) is 12.5. The Balaban J connectivity index is 1.81. The van der Waals surface area contributed by atoms with Crippen molar-refractivity contribution in [3.05, 3.63) is 52.4 Å². The number of aliphatic imine (C=N–C) groups is 1. The predicted octanol–water partition coefficient (Wildman–Crippen LogP) is 4.04. The Morgan fingerprint density at radius 1 is 1.04 bits per heavy atom. The molecule has 0 saturated carbocycles. The maximum Gasteiger partial charge on any atom is 0.323 e. The molecule has 136 valence electrons. The summed E-state index contributed by atoms with van der Waals surface area (Å²) in [6.45, 7) is 7.37. The second-order valence-corrected chi connectivity index (χ2v) is 6.41. The van der Waals surface area contributed by atoms with Gasteiger partial charge in [-0.1, -0.05) is 13.8 Å². The van der Waals surface area contributed by atoms with Gasteiger partial charge in [-0.3, -0.25) is 4.99 Å². The Bertz CT molecular complexity index is 970. The minimum absolute atomic E-state index is 0.223. The highest BCUT2D eigenvalue weighted by Crippen LogP contribution is 2.29. The van der Waals surface area contributed by atoms with Crippen LogP contribution in [0.1, 0.15) is 26.3 Å². The van der Waals surface area contributed by atoms with Crippen LogP contribution in [0.4, 0.5) is 5.69 Å². The molecule has 0 bridgehead atoms. The van der Waals surface area contributed by atoms with Crippen molar-refractivity contribution in [2.45, 2.75) is 20.8 Å². The second kappa shape index (κ2) is 7.91. The first kappa shape index (κ1) is 17.8. The third-order valence-electron chi connectivity index (χ3n) is 3.70. The van der Waals surface area contributed by atoms with Crippen molar-refractivity contribution in [2.75, 3.05) is 13.2 Å². The van der Waals surface area contributed by atoms with E-state index in [2.05, 4.69) is 28.8 Å². The number of imidazole rings is 1. The van der Waals surface area contributed by atoms with E-state index in [0.717, 1.165) is 28.0 Å². The summed E-state index contributed by atoms with van der Waals surface area (Å²) in [4.78, 5) is 21.3. The number of fused-ring (bicyclic) bond motifs is 1. The van der Waals surface area contributed by atoms with Gasteiger partial charge >= 0.3 is 5.69 Å². The predicted molar refractivity (Wildman–Crippen MR) is 104 cm³/mol. The Kier molecular flexibility index (Phi) is 5.41. The zero-order valence-corrected chi connectivity index (χ0v) is 15.2. The number of nitrogens with one attached hydrogen (secondary N) is 2. The van der Waals surface area contributed by atoms with E-state index >= 15 is 0 Å². The number of H-pyrrole nitrogens is 2. The molecule has 26 heavy (non-hydrogen) atoms. The minimum Gasteiger partial charge on any atom is -0.490 e. The van der Waals surface area contributed by atoms with Crippen LogP contribution >= 0.6 is 0 Å². The minimum atomic E-state index is -0.223. The zero-order valence-electron chi connectivity index (χ0n) is 15.2. The van der Waals surface area contributed by atoms with Gasteiger partial charge in [0.1, 0.15) is 0 Å². The number of ether oxygens (including phenoxy) is 2. The first-order valence-electron chi connectivity index (χ1n) is 8.71. The van der Waals surface area contributed by atoms with E-state index in [9.17, 15) is 4.79 Å². The molecule has 0 amide bonds. The first-order valence-corrected chi connectivity index (χ1v) is 8.71. The summed E-state index contributed by atoms with van der Waals surface area (Å²) < 4.78 is 11.5. The lowest BCUT2D eigenvalue weighted by atomic mass is 10.2. The van der Waals surface area contributed by atoms with E-state index in [0.29, 0.717) is 24.9 Å². The number of hydrogen-bond donors (Lipinski definition) is 2. The highest BCUT2D eigenvalue weighted by atomic mass is 16.5. The fraction of sp³-hybridized carbons (Fsp3) is 0.300. The van der Waals surface area contributed by atoms with Gasteiger partial charge in [0.05, 0.1) is 29.9 Å². The van der Waals surface area contributed by atoms with Crippen molar-refractivity contribution < 1.29 is 9.47 Å². The lowest BCUT2D eigenvalue weighted by Crippen LogP contribution is -2.06. The maximum absolute atomic E-state index is 11.3. The van der Waals surface area contributed by atoms with Gasteiger partial charge < -0.3 is 19.4 Å². The van der Waals surface area contributed by atoms with Crippen LogP contribution < -0.4 is 15.2 Å². The summed E-state index contributed by atoms with van der Waals surface area (Å²) in [7, 11) is 0. The van der Waals surface area contributed by atoms with Crippen molar-refractivity contribution in [3.8, 4) is 11.5 Å². The average molecular weight is 353 g/mol. The van der Waals surface area contributed by atoms with Gasteiger partial charge in [0.25, 0.3) is 0 Å². The van der Waals surface area contributed by atoms with Gasteiger partial charge in [-0.05, 0) is 54.8 Å². The largest absolute Gasteiger partial charge is 0.490 e. The third kappa shape index (κ3) is 4.33. The molecule has 6 nitrogen and oxygen atoms in total. The summed E-state index contributed by atoms with van der Waals surface area (Å²) in [5.74, 6) is 1.90. The molecular formula is C20H23N3O3. The molecule has 0 spiro atoms. The molecule has 0 unspecified atom stereocenters. The van der Waals surface area contributed by atoms with Crippen LogP contribution in [-0.2, 0) is 0 Å². The number of hydrogen-bond acceptors (Lipinski definition) is 4. The van der Waals surface area contributed by atoms with E-state index in [1.54, 1.807) is 6.21 Å². The molecule has 0 fully saturated rings. The molecule has 0 radical (unpaired) electrons. The van der Waals surface area contributed by atoms with Gasteiger partial charge in [-0.2, -0.15) is 0 Å². The van der Waals surface area contributed by atoms with E-state index in [4.69, 9.17) is 9.47 Å². The Labute approximate surface area is 151 Å². The monoisotopic (exact) mass is 353 g/mol. The van der Waals surface area contributed by atoms with Gasteiger partial charge in [-0.25, -0.2) is 4.79 Å². The molecule has 3 rings (SSSR count). The van der Waals surface area contributed by atoms with E-state index in [1.807, 2.05) is 43.3 Å². The van der Waals surface area contributed by atoms with E-state index in [-0.39, 0.29) is 5.69 Å². The zero-order chi connectivity index (χ0) is 18.5. The molecule has 1 heterocycles. The molecule has 1 aromatic heterocycles. The number of rotatable bonds is 7. The second-order valence-electron chi connectivity index (χ2n) is 6.41. The fourth-order valence-electron chi connectivity index (χ4n) is 2.50. The molecular weight excluding hydrogens is 330 g/mol. The van der Waals surface area contributed by atoms with Crippen molar-refractivity contribution in [3.63, 3.8) is 0 Å². The molecule has 0 aliphatic rings. The van der Waals surface area contributed by atoms with Crippen molar-refractivity contribution in [1.82, 2.24) is 9.97 Å². The molecule has 0 aliphatic heterocycles. The molecule has 3 aromatic rings. The van der Waals surface area contributed by atoms with Crippen LogP contribution in [0.5, 0.6) is 11.5 Å². The van der Waals surface area contributed by atoms with Crippen LogP contribution in [-0.4, -0.2) is 29.4 Å². The molecule has 6 heteroatoms. The summed E-state index contributed by atoms with van der Waals surface area (Å²) in [5.41, 5.74) is 2.94. The van der Waals surface area contributed by atoms with Crippen LogP contribution in [0.3, 0.4) is 0 Å². The smallest absolute Gasteiger partial charge is 0.323 e. The van der Waals surface area contributed by atoms with Crippen molar-refractivity contribution >= 4 is 22.9 Å². The number of nitrogens with zero attached hydrogens (tertiary/aromatic N) is 1. The molecule has 2 aromatic carbocycles. The third-order valence-corrected chi connectivity index (χ3v) is 3.70. The molecule has 0 atom stereocenters. The molecule has 0 aliphatic carbocycles. The maximum atomic E-state index is 11.3. The summed E-state index contributed by atoms with van der Waals surface area (Å²) >= 11 is 0. The lowest BCUT2D eigenvalue weighted by molar-refractivity contribution is 0.248. The van der Waals surface area contributed by atoms with Crippen molar-refractivity contribution in [2.24, 2.45) is 10.9 Å². The SMILES string of the molecule is CCOc1cc(C=Nc2ccc3[nH]c(=O)[nH]c3c2)ccc1OCC(C)C. The summed E-state index contributed by atoms with van der Waals surface area (Å²) in [6, 6.07) is 11.3. The summed E-state index contributed by atoms with van der Waals surface area (Å²) in [5, 5.41) is 0. The van der Waals surface area contributed by atoms with Crippen molar-refractivity contribution in [1.29, 1.82) is 0 Å². The Hall–Kier alpha value is -3.02. The fourth-order valence-corrected chi connectivity index (χ4v) is 2.50. The van der Waals surface area contributed by atoms with Gasteiger partial charge in [0.15, 0.2) is 11.5 Å².